The van der Waals surface area contributed by atoms with E-state index in [4.69, 9.17) is 9.84 Å². The molecule has 0 aliphatic carbocycles. The fraction of sp³-hybridized carbons (Fsp3) is 0.294. The van der Waals surface area contributed by atoms with Gasteiger partial charge in [0.1, 0.15) is 12.3 Å². The number of ether oxygens (including phenoxy) is 2. The highest BCUT2D eigenvalue weighted by atomic mass is 16.6. The summed E-state index contributed by atoms with van der Waals surface area (Å²) < 4.78 is 10.5. The van der Waals surface area contributed by atoms with Gasteiger partial charge in [0.05, 0.1) is 31.0 Å². The molecule has 0 aliphatic rings. The minimum absolute atomic E-state index is 0.0146. The number of aromatic nitrogens is 1. The Morgan fingerprint density at radius 1 is 1.14 bits per heavy atom. The normalized spacial score (nSPS) is 10.9. The van der Waals surface area contributed by atoms with Crippen LogP contribution in [0.2, 0.25) is 0 Å². The monoisotopic (exact) mass is 392 g/mol. The second kappa shape index (κ2) is 10.0. The van der Waals surface area contributed by atoms with E-state index in [9.17, 15) is 19.8 Å². The van der Waals surface area contributed by atoms with Gasteiger partial charge in [0.15, 0.2) is 5.88 Å². The van der Waals surface area contributed by atoms with E-state index in [0.29, 0.717) is 0 Å². The van der Waals surface area contributed by atoms with Crippen molar-refractivity contribution < 1.29 is 34.4 Å². The molecule has 4 N–H and O–H groups in total. The summed E-state index contributed by atoms with van der Waals surface area (Å²) in [6, 6.07) is 7.44. The van der Waals surface area contributed by atoms with E-state index >= 15 is 0 Å². The summed E-state index contributed by atoms with van der Waals surface area (Å²) >= 11 is 0. The zero-order valence-corrected chi connectivity index (χ0v) is 15.0. The molecule has 0 fully saturated rings. The maximum Gasteiger partial charge on any atom is 0.452 e. The van der Waals surface area contributed by atoms with Gasteiger partial charge in [0.25, 0.3) is 5.91 Å². The Kier molecular flexibility index (Phi) is 7.48. The topological polar surface area (TPSA) is 155 Å². The molecule has 2 amide bonds. The molecule has 1 aromatic carbocycles. The second-order valence-electron chi connectivity index (χ2n) is 5.40. The molecule has 11 heteroatoms. The number of aliphatic hydroxyl groups excluding tert-OH is 1. The third-order valence-corrected chi connectivity index (χ3v) is 3.53. The van der Waals surface area contributed by atoms with Gasteiger partial charge in [-0.3, -0.25) is 9.36 Å². The molecule has 0 saturated carbocycles. The first kappa shape index (κ1) is 20.9. The van der Waals surface area contributed by atoms with Crippen LogP contribution < -0.4 is 5.32 Å². The van der Waals surface area contributed by atoms with Crippen molar-refractivity contribution in [2.45, 2.75) is 6.54 Å². The van der Waals surface area contributed by atoms with Gasteiger partial charge < -0.3 is 30.1 Å². The fourth-order valence-corrected chi connectivity index (χ4v) is 2.24. The summed E-state index contributed by atoms with van der Waals surface area (Å²) in [6.07, 6.45) is -1.03. The molecular weight excluding hydrogens is 372 g/mol. The molecule has 150 valence electrons. The van der Waals surface area contributed by atoms with Crippen molar-refractivity contribution in [2.24, 2.45) is 10.2 Å². The Bertz CT molecular complexity index is 863. The zero-order chi connectivity index (χ0) is 20.5. The number of hydrogen-bond acceptors (Lipinski definition) is 8. The molecule has 1 heterocycles. The molecular formula is C17H20N4O7. The van der Waals surface area contributed by atoms with Crippen LogP contribution in [0.1, 0.15) is 10.4 Å². The highest BCUT2D eigenvalue weighted by Crippen LogP contribution is 2.35. The number of hydrogen-bond donors (Lipinski definition) is 4. The van der Waals surface area contributed by atoms with Crippen molar-refractivity contribution in [1.29, 1.82) is 0 Å². The molecule has 1 aromatic heterocycles. The number of methoxy groups -OCH3 is 1. The number of benzene rings is 1. The largest absolute Gasteiger partial charge is 0.494 e. The zero-order valence-electron chi connectivity index (χ0n) is 15.0. The fourth-order valence-electron chi connectivity index (χ4n) is 2.24. The maximum absolute atomic E-state index is 12.3. The Balaban J connectivity index is 2.16. The quantitative estimate of drug-likeness (QED) is 0.393. The summed E-state index contributed by atoms with van der Waals surface area (Å²) in [5, 5.41) is 38.3. The average molecular weight is 392 g/mol. The van der Waals surface area contributed by atoms with Crippen molar-refractivity contribution >= 4 is 23.4 Å². The number of nitrogens with one attached hydrogen (secondary N) is 1. The summed E-state index contributed by atoms with van der Waals surface area (Å²) in [6.45, 7) is -0.132. The molecule has 0 saturated heterocycles. The second-order valence-corrected chi connectivity index (χ2v) is 5.40. The first-order valence-corrected chi connectivity index (χ1v) is 8.18. The number of para-hydroxylation sites is 1. The first-order chi connectivity index (χ1) is 13.5. The predicted octanol–water partition coefficient (Wildman–Crippen LogP) is 2.01. The molecule has 0 bridgehead atoms. The SMILES string of the molecule is COCCOC(=O)N=NC(=O)c1ccccc1Nc1cc(O)n(CCO)c1O. The molecule has 0 spiro atoms. The number of rotatable bonds is 8. The summed E-state index contributed by atoms with van der Waals surface area (Å²) in [7, 11) is 1.44. The molecule has 0 radical (unpaired) electrons. The molecule has 2 rings (SSSR count). The van der Waals surface area contributed by atoms with Gasteiger partial charge in [-0.2, -0.15) is 0 Å². The van der Waals surface area contributed by atoms with Crippen LogP contribution in [0.5, 0.6) is 11.8 Å². The first-order valence-electron chi connectivity index (χ1n) is 8.18. The smallest absolute Gasteiger partial charge is 0.452 e. The average Bonchev–Trinajstić information content (AvgIpc) is 2.94. The predicted molar refractivity (Wildman–Crippen MR) is 97.0 cm³/mol. The Labute approximate surface area is 159 Å². The van der Waals surface area contributed by atoms with Crippen LogP contribution in [0.4, 0.5) is 16.2 Å². The van der Waals surface area contributed by atoms with Gasteiger partial charge in [-0.25, -0.2) is 4.79 Å². The van der Waals surface area contributed by atoms with Gasteiger partial charge in [-0.1, -0.05) is 22.4 Å². The number of azo groups is 1. The van der Waals surface area contributed by atoms with Gasteiger partial charge in [0, 0.05) is 13.2 Å². The Morgan fingerprint density at radius 2 is 1.89 bits per heavy atom. The third-order valence-electron chi connectivity index (χ3n) is 3.53. The third kappa shape index (κ3) is 5.28. The van der Waals surface area contributed by atoms with E-state index in [1.54, 1.807) is 18.2 Å². The lowest BCUT2D eigenvalue weighted by Crippen LogP contribution is -2.06. The van der Waals surface area contributed by atoms with Gasteiger partial charge in [0.2, 0.25) is 5.88 Å². The van der Waals surface area contributed by atoms with Crippen LogP contribution in [0.3, 0.4) is 0 Å². The highest BCUT2D eigenvalue weighted by Gasteiger charge is 2.17. The molecule has 0 atom stereocenters. The number of carbonyl (C=O) groups is 2. The number of nitrogens with zero attached hydrogens (tertiary/aromatic N) is 3. The van der Waals surface area contributed by atoms with Crippen molar-refractivity contribution in [3.63, 3.8) is 0 Å². The van der Waals surface area contributed by atoms with Crippen molar-refractivity contribution in [3.8, 4) is 11.8 Å². The number of aliphatic hydroxyl groups is 1. The summed E-state index contributed by atoms with van der Waals surface area (Å²) in [5.74, 6) is -1.40. The summed E-state index contributed by atoms with van der Waals surface area (Å²) in [5.41, 5.74) is 0.447. The summed E-state index contributed by atoms with van der Waals surface area (Å²) in [4.78, 5) is 23.7. The molecule has 0 aliphatic heterocycles. The van der Waals surface area contributed by atoms with E-state index in [0.717, 1.165) is 4.57 Å². The van der Waals surface area contributed by atoms with Crippen LogP contribution >= 0.6 is 0 Å². The standard InChI is InChI=1S/C17H20N4O7/c1-27-8-9-28-17(26)20-19-15(24)11-4-2-3-5-12(11)18-13-10-14(23)21(6-7-22)16(13)25/h2-5,10,18,22-23,25H,6-9H2,1H3. The Hall–Kier alpha value is -3.44. The number of carbonyl (C=O) groups excluding carboxylic acids is 2. The minimum atomic E-state index is -1.03. The van der Waals surface area contributed by atoms with Crippen molar-refractivity contribution in [3.05, 3.63) is 35.9 Å². The van der Waals surface area contributed by atoms with Gasteiger partial charge >= 0.3 is 6.09 Å². The lowest BCUT2D eigenvalue weighted by molar-refractivity contribution is 0.0962. The molecule has 28 heavy (non-hydrogen) atoms. The highest BCUT2D eigenvalue weighted by molar-refractivity contribution is 6.01. The number of anilines is 2. The van der Waals surface area contributed by atoms with Crippen LogP contribution in [-0.4, -0.2) is 58.8 Å². The van der Waals surface area contributed by atoms with Crippen LogP contribution in [0.15, 0.2) is 40.6 Å². The minimum Gasteiger partial charge on any atom is -0.494 e. The van der Waals surface area contributed by atoms with E-state index in [-0.39, 0.29) is 55.1 Å². The number of aromatic hydroxyl groups is 2. The maximum atomic E-state index is 12.3. The van der Waals surface area contributed by atoms with Crippen LogP contribution in [0.25, 0.3) is 0 Å². The lowest BCUT2D eigenvalue weighted by Gasteiger charge is -2.09. The van der Waals surface area contributed by atoms with Crippen molar-refractivity contribution in [2.75, 3.05) is 32.2 Å². The van der Waals surface area contributed by atoms with Gasteiger partial charge in [-0.15, -0.1) is 0 Å². The Morgan fingerprint density at radius 3 is 2.61 bits per heavy atom. The molecule has 0 unspecified atom stereocenters. The van der Waals surface area contributed by atoms with Gasteiger partial charge in [-0.05, 0) is 12.1 Å². The van der Waals surface area contributed by atoms with E-state index in [1.807, 2.05) is 0 Å². The van der Waals surface area contributed by atoms with Crippen LogP contribution in [0, 0.1) is 0 Å². The van der Waals surface area contributed by atoms with Crippen LogP contribution in [-0.2, 0) is 16.0 Å². The van der Waals surface area contributed by atoms with E-state index in [2.05, 4.69) is 20.3 Å². The number of amides is 2. The molecule has 2 aromatic rings. The van der Waals surface area contributed by atoms with E-state index < -0.39 is 12.0 Å². The lowest BCUT2D eigenvalue weighted by atomic mass is 10.1. The molecule has 11 nitrogen and oxygen atoms in total. The van der Waals surface area contributed by atoms with E-state index in [1.165, 1.54) is 19.2 Å². The van der Waals surface area contributed by atoms with Crippen molar-refractivity contribution in [1.82, 2.24) is 4.57 Å².